The highest BCUT2D eigenvalue weighted by Crippen LogP contribution is 2.24. The fourth-order valence-corrected chi connectivity index (χ4v) is 2.19. The lowest BCUT2D eigenvalue weighted by atomic mass is 10.1. The number of carbonyl (C=O) groups is 2. The predicted octanol–water partition coefficient (Wildman–Crippen LogP) is 4.01. The molecule has 114 valence electrons. The van der Waals surface area contributed by atoms with Crippen LogP contribution in [0.25, 0.3) is 0 Å². The first-order chi connectivity index (χ1) is 10.4. The third-order valence-electron chi connectivity index (χ3n) is 2.81. The molecule has 0 aliphatic heterocycles. The lowest BCUT2D eigenvalue weighted by Gasteiger charge is -2.09. The van der Waals surface area contributed by atoms with Crippen LogP contribution in [-0.4, -0.2) is 18.3 Å². The second-order valence-electron chi connectivity index (χ2n) is 4.35. The Kier molecular flexibility index (Phi) is 5.29. The fourth-order valence-electron chi connectivity index (χ4n) is 1.72. The van der Waals surface area contributed by atoms with Crippen LogP contribution in [0.15, 0.2) is 36.4 Å². The van der Waals surface area contributed by atoms with Crippen molar-refractivity contribution in [1.29, 1.82) is 0 Å². The minimum absolute atomic E-state index is 0.106. The van der Waals surface area contributed by atoms with Crippen LogP contribution in [0.4, 0.5) is 0 Å². The van der Waals surface area contributed by atoms with Crippen molar-refractivity contribution in [2.24, 2.45) is 5.73 Å². The molecule has 2 rings (SSSR count). The van der Waals surface area contributed by atoms with Gasteiger partial charge in [-0.15, -0.1) is 0 Å². The molecule has 0 aromatic heterocycles. The zero-order valence-corrected chi connectivity index (χ0v) is 13.4. The largest absolute Gasteiger partial charge is 0.485 e. The van der Waals surface area contributed by atoms with Gasteiger partial charge in [0.25, 0.3) is 5.91 Å². The maximum Gasteiger partial charge on any atom is 0.252 e. The van der Waals surface area contributed by atoms with Crippen molar-refractivity contribution in [3.8, 4) is 5.75 Å². The highest BCUT2D eigenvalue weighted by Gasteiger charge is 2.13. The van der Waals surface area contributed by atoms with E-state index in [4.69, 9.17) is 45.3 Å². The minimum atomic E-state index is -0.695. The first kappa shape index (κ1) is 16.6. The highest BCUT2D eigenvalue weighted by atomic mass is 35.5. The van der Waals surface area contributed by atoms with Gasteiger partial charge in [-0.2, -0.15) is 0 Å². The molecule has 0 radical (unpaired) electrons. The molecule has 4 nitrogen and oxygen atoms in total. The first-order valence-corrected chi connectivity index (χ1v) is 7.22. The Labute approximate surface area is 141 Å². The number of carbonyl (C=O) groups excluding carboxylic acids is 2. The van der Waals surface area contributed by atoms with Gasteiger partial charge >= 0.3 is 0 Å². The molecule has 0 saturated carbocycles. The zero-order valence-electron chi connectivity index (χ0n) is 11.1. The molecule has 0 aliphatic carbocycles. The summed E-state index contributed by atoms with van der Waals surface area (Å²) in [4.78, 5) is 23.4. The number of hydrogen-bond donors (Lipinski definition) is 1. The van der Waals surface area contributed by atoms with Crippen molar-refractivity contribution in [3.63, 3.8) is 0 Å². The normalized spacial score (nSPS) is 10.3. The van der Waals surface area contributed by atoms with Crippen molar-refractivity contribution in [3.05, 3.63) is 62.6 Å². The van der Waals surface area contributed by atoms with Gasteiger partial charge < -0.3 is 10.5 Å². The maximum absolute atomic E-state index is 12.1. The van der Waals surface area contributed by atoms with Crippen LogP contribution in [0.1, 0.15) is 20.7 Å². The number of rotatable bonds is 5. The summed E-state index contributed by atoms with van der Waals surface area (Å²) in [7, 11) is 0. The molecule has 0 atom stereocenters. The van der Waals surface area contributed by atoms with Gasteiger partial charge in [0.1, 0.15) is 5.75 Å². The first-order valence-electron chi connectivity index (χ1n) is 6.09. The van der Waals surface area contributed by atoms with Gasteiger partial charge in [-0.25, -0.2) is 0 Å². The quantitative estimate of drug-likeness (QED) is 0.821. The van der Waals surface area contributed by atoms with E-state index in [-0.39, 0.29) is 28.7 Å². The Hall–Kier alpha value is -1.75. The second-order valence-corrected chi connectivity index (χ2v) is 5.60. The van der Waals surface area contributed by atoms with E-state index in [9.17, 15) is 9.59 Å². The van der Waals surface area contributed by atoms with E-state index in [1.165, 1.54) is 36.4 Å². The van der Waals surface area contributed by atoms with E-state index in [1.807, 2.05) is 0 Å². The number of hydrogen-bond acceptors (Lipinski definition) is 3. The Morgan fingerprint density at radius 3 is 2.36 bits per heavy atom. The summed E-state index contributed by atoms with van der Waals surface area (Å²) in [5.41, 5.74) is 5.70. The van der Waals surface area contributed by atoms with E-state index in [1.54, 1.807) is 0 Å². The zero-order chi connectivity index (χ0) is 16.3. The molecule has 2 aromatic rings. The number of halogens is 3. The average Bonchev–Trinajstić information content (AvgIpc) is 2.48. The number of amides is 1. The van der Waals surface area contributed by atoms with Crippen LogP contribution in [0.3, 0.4) is 0 Å². The molecule has 0 heterocycles. The van der Waals surface area contributed by atoms with Crippen molar-refractivity contribution < 1.29 is 14.3 Å². The van der Waals surface area contributed by atoms with Gasteiger partial charge in [-0.1, -0.05) is 34.8 Å². The lowest BCUT2D eigenvalue weighted by Crippen LogP contribution is -2.16. The molecule has 0 fully saturated rings. The van der Waals surface area contributed by atoms with Gasteiger partial charge in [-0.3, -0.25) is 9.59 Å². The van der Waals surface area contributed by atoms with Crippen LogP contribution in [0.2, 0.25) is 15.1 Å². The highest BCUT2D eigenvalue weighted by molar-refractivity contribution is 6.42. The Morgan fingerprint density at radius 2 is 1.73 bits per heavy atom. The molecular weight excluding hydrogens is 349 g/mol. The molecule has 0 spiro atoms. The third kappa shape index (κ3) is 3.91. The Bertz CT molecular complexity index is 747. The van der Waals surface area contributed by atoms with Gasteiger partial charge in [-0.05, 0) is 36.4 Å². The van der Waals surface area contributed by atoms with Crippen LogP contribution in [-0.2, 0) is 0 Å². The topological polar surface area (TPSA) is 69.4 Å². The summed E-state index contributed by atoms with van der Waals surface area (Å²) >= 11 is 17.4. The molecule has 0 saturated heterocycles. The monoisotopic (exact) mass is 357 g/mol. The van der Waals surface area contributed by atoms with Crippen LogP contribution in [0, 0.1) is 0 Å². The second kappa shape index (κ2) is 7.01. The van der Waals surface area contributed by atoms with Crippen molar-refractivity contribution in [2.75, 3.05) is 6.61 Å². The van der Waals surface area contributed by atoms with Crippen LogP contribution in [0.5, 0.6) is 5.75 Å². The van der Waals surface area contributed by atoms with Gasteiger partial charge in [0, 0.05) is 10.6 Å². The van der Waals surface area contributed by atoms with E-state index in [0.717, 1.165) is 0 Å². The average molecular weight is 359 g/mol. The van der Waals surface area contributed by atoms with Crippen LogP contribution >= 0.6 is 34.8 Å². The van der Waals surface area contributed by atoms with Gasteiger partial charge in [0.2, 0.25) is 0 Å². The van der Waals surface area contributed by atoms with Gasteiger partial charge in [0.05, 0.1) is 15.6 Å². The summed E-state index contributed by atoms with van der Waals surface area (Å²) in [6.07, 6.45) is 0. The smallest absolute Gasteiger partial charge is 0.252 e. The van der Waals surface area contributed by atoms with E-state index in [2.05, 4.69) is 0 Å². The number of nitrogens with two attached hydrogens (primary N) is 1. The number of benzene rings is 2. The third-order valence-corrected chi connectivity index (χ3v) is 3.78. The molecule has 2 aromatic carbocycles. The summed E-state index contributed by atoms with van der Waals surface area (Å²) in [6, 6.07) is 8.90. The SMILES string of the molecule is NC(=O)c1cc(Cl)ccc1OCC(=O)c1ccc(Cl)c(Cl)c1. The molecule has 2 N–H and O–H groups in total. The standard InChI is InChI=1S/C15H10Cl3NO3/c16-9-2-4-14(10(6-9)15(19)21)22-7-13(20)8-1-3-11(17)12(18)5-8/h1-6H,7H2,(H2,19,21). The summed E-state index contributed by atoms with van der Waals surface area (Å²) in [5.74, 6) is -0.825. The molecule has 0 unspecified atom stereocenters. The van der Waals surface area contributed by atoms with Crippen molar-refractivity contribution in [2.45, 2.75) is 0 Å². The van der Waals surface area contributed by atoms with Crippen molar-refractivity contribution >= 4 is 46.5 Å². The van der Waals surface area contributed by atoms with Gasteiger partial charge in [0.15, 0.2) is 12.4 Å². The van der Waals surface area contributed by atoms with Crippen molar-refractivity contribution in [1.82, 2.24) is 0 Å². The number of ketones is 1. The van der Waals surface area contributed by atoms with E-state index >= 15 is 0 Å². The molecule has 22 heavy (non-hydrogen) atoms. The number of ether oxygens (including phenoxy) is 1. The molecule has 0 bridgehead atoms. The molecular formula is C15H10Cl3NO3. The Morgan fingerprint density at radius 1 is 1.00 bits per heavy atom. The lowest BCUT2D eigenvalue weighted by molar-refractivity contribution is 0.0912. The van der Waals surface area contributed by atoms with Crippen LogP contribution < -0.4 is 10.5 Å². The predicted molar refractivity (Wildman–Crippen MR) is 86.3 cm³/mol. The fraction of sp³-hybridized carbons (Fsp3) is 0.0667. The minimum Gasteiger partial charge on any atom is -0.485 e. The summed E-state index contributed by atoms with van der Waals surface area (Å²) in [6.45, 7) is -0.278. The van der Waals surface area contributed by atoms with E-state index < -0.39 is 5.91 Å². The number of Topliss-reactive ketones (excluding diaryl/α,β-unsaturated/α-hetero) is 1. The summed E-state index contributed by atoms with van der Waals surface area (Å²) < 4.78 is 5.35. The van der Waals surface area contributed by atoms with E-state index in [0.29, 0.717) is 15.6 Å². The number of primary amides is 1. The maximum atomic E-state index is 12.1. The summed E-state index contributed by atoms with van der Waals surface area (Å²) in [5, 5.41) is 0.974. The molecule has 1 amide bonds. The Balaban J connectivity index is 2.14. The molecule has 0 aliphatic rings. The molecule has 7 heteroatoms.